The highest BCUT2D eigenvalue weighted by atomic mass is 35.5. The number of hydrogen-bond donors (Lipinski definition) is 1. The van der Waals surface area contributed by atoms with Gasteiger partial charge in [0.15, 0.2) is 0 Å². The molecule has 0 bridgehead atoms. The van der Waals surface area contributed by atoms with E-state index in [-0.39, 0.29) is 26.8 Å². The van der Waals surface area contributed by atoms with Crippen LogP contribution < -0.4 is 5.32 Å². The number of nitrogens with one attached hydrogen (secondary N) is 1. The summed E-state index contributed by atoms with van der Waals surface area (Å²) in [6, 6.07) is 4.65. The van der Waals surface area contributed by atoms with Crippen LogP contribution in [0.25, 0.3) is 0 Å². The zero-order valence-corrected chi connectivity index (χ0v) is 11.3. The molecule has 0 saturated heterocycles. The predicted octanol–water partition coefficient (Wildman–Crippen LogP) is 1.53. The number of allylic oxidation sites excluding steroid dienone is 2. The summed E-state index contributed by atoms with van der Waals surface area (Å²) >= 11 is 5.95. The van der Waals surface area contributed by atoms with Gasteiger partial charge in [-0.3, -0.25) is 13.8 Å². The van der Waals surface area contributed by atoms with E-state index in [4.69, 9.17) is 11.6 Å². The lowest BCUT2D eigenvalue weighted by molar-refractivity contribution is 0.0976. The molecule has 0 heterocycles. The van der Waals surface area contributed by atoms with Crippen molar-refractivity contribution in [2.24, 2.45) is 0 Å². The fourth-order valence-corrected chi connectivity index (χ4v) is 3.02. The van der Waals surface area contributed by atoms with Gasteiger partial charge in [0.25, 0.3) is 0 Å². The summed E-state index contributed by atoms with van der Waals surface area (Å²) in [7, 11) is -0.0338. The van der Waals surface area contributed by atoms with E-state index in [2.05, 4.69) is 5.32 Å². The Labute approximate surface area is 111 Å². The monoisotopic (exact) mass is 283 g/mol. The second-order valence-electron chi connectivity index (χ2n) is 3.73. The maximum absolute atomic E-state index is 12.2. The zero-order chi connectivity index (χ0) is 13.4. The summed E-state index contributed by atoms with van der Waals surface area (Å²) in [6.45, 7) is 0. The molecule has 0 amide bonds. The van der Waals surface area contributed by atoms with Crippen molar-refractivity contribution in [1.29, 1.82) is 0 Å². The molecule has 94 valence electrons. The van der Waals surface area contributed by atoms with Gasteiger partial charge >= 0.3 is 0 Å². The number of halogens is 1. The largest absolute Gasteiger partial charge is 0.384 e. The van der Waals surface area contributed by atoms with Crippen LogP contribution in [0.1, 0.15) is 20.7 Å². The molecule has 1 unspecified atom stereocenters. The Morgan fingerprint density at radius 1 is 1.22 bits per heavy atom. The Morgan fingerprint density at radius 3 is 2.44 bits per heavy atom. The maximum atomic E-state index is 12.2. The quantitative estimate of drug-likeness (QED) is 0.894. The molecule has 2 rings (SSSR count). The average molecular weight is 284 g/mol. The first-order valence-electron chi connectivity index (χ1n) is 5.12. The second-order valence-corrected chi connectivity index (χ2v) is 5.45. The minimum absolute atomic E-state index is 0.00253. The molecule has 0 saturated carbocycles. The van der Waals surface area contributed by atoms with E-state index in [0.717, 1.165) is 0 Å². The van der Waals surface area contributed by atoms with Gasteiger partial charge < -0.3 is 5.32 Å². The van der Waals surface area contributed by atoms with E-state index >= 15 is 0 Å². The van der Waals surface area contributed by atoms with Gasteiger partial charge in [-0.2, -0.15) is 0 Å². The molecular weight excluding hydrogens is 274 g/mol. The molecule has 0 spiro atoms. The zero-order valence-electron chi connectivity index (χ0n) is 9.74. The normalized spacial score (nSPS) is 16.6. The lowest BCUT2D eigenvalue weighted by atomic mass is 9.92. The van der Waals surface area contributed by atoms with Crippen LogP contribution in [0.4, 0.5) is 0 Å². The summed E-state index contributed by atoms with van der Waals surface area (Å²) in [5.41, 5.74) is 0.431. The van der Waals surface area contributed by atoms with Crippen molar-refractivity contribution >= 4 is 34.0 Å². The fraction of sp³-hybridized carbons (Fsp3) is 0.167. The van der Waals surface area contributed by atoms with Gasteiger partial charge in [-0.1, -0.05) is 23.7 Å². The summed E-state index contributed by atoms with van der Waals surface area (Å²) in [5, 5.41) is 2.86. The van der Waals surface area contributed by atoms with Crippen molar-refractivity contribution in [2.45, 2.75) is 0 Å². The first kappa shape index (κ1) is 13.0. The molecule has 1 atom stereocenters. The molecule has 18 heavy (non-hydrogen) atoms. The molecule has 4 nitrogen and oxygen atoms in total. The van der Waals surface area contributed by atoms with Crippen LogP contribution in [0.15, 0.2) is 28.8 Å². The molecule has 1 aliphatic carbocycles. The smallest absolute Gasteiger partial charge is 0.212 e. The van der Waals surface area contributed by atoms with Crippen LogP contribution in [0.2, 0.25) is 5.02 Å². The van der Waals surface area contributed by atoms with Crippen LogP contribution in [0.5, 0.6) is 0 Å². The van der Waals surface area contributed by atoms with Crippen LogP contribution >= 0.6 is 11.6 Å². The van der Waals surface area contributed by atoms with Gasteiger partial charge in [-0.15, -0.1) is 0 Å². The molecule has 1 aromatic carbocycles. The summed E-state index contributed by atoms with van der Waals surface area (Å²) < 4.78 is 11.6. The van der Waals surface area contributed by atoms with Gasteiger partial charge in [0.2, 0.25) is 11.6 Å². The van der Waals surface area contributed by atoms with Crippen molar-refractivity contribution < 1.29 is 13.8 Å². The Bertz CT molecular complexity index is 622. The van der Waals surface area contributed by atoms with Crippen molar-refractivity contribution in [2.75, 3.05) is 13.3 Å². The molecule has 1 aromatic rings. The molecule has 0 aliphatic heterocycles. The van der Waals surface area contributed by atoms with Crippen molar-refractivity contribution in [3.8, 4) is 0 Å². The number of ketones is 2. The summed E-state index contributed by atoms with van der Waals surface area (Å²) in [4.78, 5) is 24.5. The van der Waals surface area contributed by atoms with E-state index in [0.29, 0.717) is 0 Å². The van der Waals surface area contributed by atoms with Crippen LogP contribution in [0.3, 0.4) is 0 Å². The number of benzene rings is 1. The summed E-state index contributed by atoms with van der Waals surface area (Å²) in [6.07, 6.45) is 1.37. The number of fused-ring (bicyclic) bond motifs is 1. The fourth-order valence-electron chi connectivity index (χ4n) is 1.91. The van der Waals surface area contributed by atoms with Crippen molar-refractivity contribution in [3.05, 3.63) is 45.0 Å². The topological polar surface area (TPSA) is 63.2 Å². The molecule has 0 radical (unpaired) electrons. The lowest BCUT2D eigenvalue weighted by Crippen LogP contribution is -2.30. The minimum atomic E-state index is -1.54. The Hall–Kier alpha value is -1.46. The molecule has 6 heteroatoms. The highest BCUT2D eigenvalue weighted by Crippen LogP contribution is 2.31. The molecule has 0 aromatic heterocycles. The average Bonchev–Trinajstić information content (AvgIpc) is 2.32. The van der Waals surface area contributed by atoms with Crippen LogP contribution in [-0.4, -0.2) is 29.1 Å². The van der Waals surface area contributed by atoms with Gasteiger partial charge in [-0.05, 0) is 6.07 Å². The second kappa shape index (κ2) is 4.66. The highest BCUT2D eigenvalue weighted by Gasteiger charge is 2.34. The standard InChI is InChI=1S/C12H10ClNO3S/c1-14-9-11(16)8-6(4-3-5-7(8)13)10(15)12(9)18(2)17/h3-5,14H,1-2H3. The van der Waals surface area contributed by atoms with Crippen LogP contribution in [0, 0.1) is 0 Å². The first-order valence-corrected chi connectivity index (χ1v) is 7.06. The third kappa shape index (κ3) is 1.79. The number of carbonyl (C=O) groups is 2. The van der Waals surface area contributed by atoms with Crippen LogP contribution in [-0.2, 0) is 10.8 Å². The third-order valence-electron chi connectivity index (χ3n) is 2.68. The first-order chi connectivity index (χ1) is 8.49. The van der Waals surface area contributed by atoms with E-state index in [1.54, 1.807) is 12.1 Å². The number of rotatable bonds is 2. The predicted molar refractivity (Wildman–Crippen MR) is 70.3 cm³/mol. The van der Waals surface area contributed by atoms with E-state index in [1.165, 1.54) is 19.4 Å². The van der Waals surface area contributed by atoms with E-state index < -0.39 is 22.4 Å². The number of carbonyl (C=O) groups excluding carboxylic acids is 2. The Balaban J connectivity index is 2.78. The summed E-state index contributed by atoms with van der Waals surface area (Å²) in [5.74, 6) is -0.819. The van der Waals surface area contributed by atoms with E-state index in [9.17, 15) is 13.8 Å². The minimum Gasteiger partial charge on any atom is -0.384 e. The number of likely N-dealkylation sites (N-methyl/N-ethyl adjacent to an activating group) is 1. The molecular formula is C12H10ClNO3S. The Kier molecular flexibility index (Phi) is 3.36. The SMILES string of the molecule is CNC1=C(S(C)=O)C(=O)c2cccc(Cl)c2C1=O. The van der Waals surface area contributed by atoms with E-state index in [1.807, 2.05) is 0 Å². The third-order valence-corrected chi connectivity index (χ3v) is 3.96. The van der Waals surface area contributed by atoms with Crippen molar-refractivity contribution in [1.82, 2.24) is 5.32 Å². The van der Waals surface area contributed by atoms with Gasteiger partial charge in [0.1, 0.15) is 10.6 Å². The number of Topliss-reactive ketones (excluding diaryl/α,β-unsaturated/α-hetero) is 2. The number of hydrogen-bond acceptors (Lipinski definition) is 4. The van der Waals surface area contributed by atoms with Crippen molar-refractivity contribution in [3.63, 3.8) is 0 Å². The maximum Gasteiger partial charge on any atom is 0.212 e. The molecule has 0 fully saturated rings. The van der Waals surface area contributed by atoms with Gasteiger partial charge in [0.05, 0.1) is 21.4 Å². The Morgan fingerprint density at radius 2 is 1.89 bits per heavy atom. The van der Waals surface area contributed by atoms with Gasteiger partial charge in [-0.25, -0.2) is 0 Å². The van der Waals surface area contributed by atoms with Gasteiger partial charge in [0, 0.05) is 18.9 Å². The molecule has 1 aliphatic rings. The molecule has 1 N–H and O–H groups in total. The highest BCUT2D eigenvalue weighted by molar-refractivity contribution is 7.89. The lowest BCUT2D eigenvalue weighted by Gasteiger charge is -2.20.